The number of nitrogens with zero attached hydrogens (tertiary/aromatic N) is 1. The molecule has 4 heteroatoms. The Morgan fingerprint density at radius 2 is 2.14 bits per heavy atom. The molecule has 4 nitrogen and oxygen atoms in total. The van der Waals surface area contributed by atoms with Gasteiger partial charge in [-0.15, -0.1) is 0 Å². The van der Waals surface area contributed by atoms with E-state index in [1.54, 1.807) is 0 Å². The molecule has 1 unspecified atom stereocenters. The molecule has 0 amide bonds. The quantitative estimate of drug-likeness (QED) is 0.276. The number of nitrogens with two attached hydrogens (primary N) is 1. The van der Waals surface area contributed by atoms with E-state index in [4.69, 9.17) is 10.9 Å². The van der Waals surface area contributed by atoms with Gasteiger partial charge in [0, 0.05) is 6.54 Å². The Kier molecular flexibility index (Phi) is 3.75. The summed E-state index contributed by atoms with van der Waals surface area (Å²) in [5, 5.41) is 14.8. The van der Waals surface area contributed by atoms with Gasteiger partial charge in [-0.3, -0.25) is 0 Å². The standard InChI is InChI=1S/C10H21N3O/c1-8(9(11)13-14)12-7-10(2)5-3-4-6-10/h8,12,14H,3-7H2,1-2H3,(H2,11,13). The zero-order valence-corrected chi connectivity index (χ0v) is 9.08. The van der Waals surface area contributed by atoms with E-state index in [2.05, 4.69) is 17.4 Å². The molecule has 4 N–H and O–H groups in total. The third-order valence-corrected chi connectivity index (χ3v) is 3.20. The minimum absolute atomic E-state index is 0.0441. The highest BCUT2D eigenvalue weighted by Gasteiger charge is 2.28. The molecule has 0 aromatic rings. The second-order valence-electron chi connectivity index (χ2n) is 4.65. The summed E-state index contributed by atoms with van der Waals surface area (Å²) < 4.78 is 0. The van der Waals surface area contributed by atoms with E-state index >= 15 is 0 Å². The van der Waals surface area contributed by atoms with Crippen LogP contribution in [-0.4, -0.2) is 23.6 Å². The van der Waals surface area contributed by atoms with Crippen molar-refractivity contribution in [2.24, 2.45) is 16.3 Å². The van der Waals surface area contributed by atoms with Crippen molar-refractivity contribution >= 4 is 5.84 Å². The van der Waals surface area contributed by atoms with Gasteiger partial charge < -0.3 is 16.3 Å². The number of hydrogen-bond donors (Lipinski definition) is 3. The molecular weight excluding hydrogens is 178 g/mol. The lowest BCUT2D eigenvalue weighted by molar-refractivity contribution is 0.301. The highest BCUT2D eigenvalue weighted by atomic mass is 16.4. The Labute approximate surface area is 85.6 Å². The first-order chi connectivity index (χ1) is 6.57. The van der Waals surface area contributed by atoms with Crippen LogP contribution in [0.25, 0.3) is 0 Å². The first kappa shape index (κ1) is 11.3. The molecule has 14 heavy (non-hydrogen) atoms. The van der Waals surface area contributed by atoms with Crippen LogP contribution >= 0.6 is 0 Å². The Bertz CT molecular complexity index is 209. The Morgan fingerprint density at radius 1 is 1.57 bits per heavy atom. The molecule has 1 aliphatic carbocycles. The molecule has 0 aromatic carbocycles. The van der Waals surface area contributed by atoms with Gasteiger partial charge in [0.15, 0.2) is 5.84 Å². The maximum Gasteiger partial charge on any atom is 0.156 e. The Hall–Kier alpha value is -0.770. The average Bonchev–Trinajstić information content (AvgIpc) is 2.61. The van der Waals surface area contributed by atoms with Crippen molar-refractivity contribution in [3.63, 3.8) is 0 Å². The molecule has 82 valence electrons. The highest BCUT2D eigenvalue weighted by molar-refractivity contribution is 5.84. The summed E-state index contributed by atoms with van der Waals surface area (Å²) in [7, 11) is 0. The molecule has 1 rings (SSSR count). The summed E-state index contributed by atoms with van der Waals surface area (Å²) in [5.74, 6) is 0.256. The summed E-state index contributed by atoms with van der Waals surface area (Å²) in [6.07, 6.45) is 5.22. The lowest BCUT2D eigenvalue weighted by atomic mass is 9.88. The Balaban J connectivity index is 2.32. The van der Waals surface area contributed by atoms with Crippen LogP contribution < -0.4 is 11.1 Å². The molecule has 0 aromatic heterocycles. The smallest absolute Gasteiger partial charge is 0.156 e. The monoisotopic (exact) mass is 199 g/mol. The van der Waals surface area contributed by atoms with Crippen molar-refractivity contribution in [1.82, 2.24) is 5.32 Å². The van der Waals surface area contributed by atoms with Gasteiger partial charge in [-0.2, -0.15) is 0 Å². The number of rotatable bonds is 4. The molecule has 0 aliphatic heterocycles. The molecule has 0 heterocycles. The van der Waals surface area contributed by atoms with Gasteiger partial charge in [-0.25, -0.2) is 0 Å². The maximum atomic E-state index is 8.48. The maximum absolute atomic E-state index is 8.48. The average molecular weight is 199 g/mol. The second kappa shape index (κ2) is 4.64. The molecule has 0 spiro atoms. The molecule has 1 fully saturated rings. The predicted molar refractivity (Wildman–Crippen MR) is 57.4 cm³/mol. The fraction of sp³-hybridized carbons (Fsp3) is 0.900. The van der Waals surface area contributed by atoms with Gasteiger partial charge in [0.05, 0.1) is 6.04 Å². The van der Waals surface area contributed by atoms with Crippen LogP contribution in [0.3, 0.4) is 0 Å². The fourth-order valence-electron chi connectivity index (χ4n) is 2.00. The summed E-state index contributed by atoms with van der Waals surface area (Å²) in [6, 6.07) is -0.0441. The molecule has 0 radical (unpaired) electrons. The summed E-state index contributed by atoms with van der Waals surface area (Å²) >= 11 is 0. The van der Waals surface area contributed by atoms with Crippen molar-refractivity contribution < 1.29 is 5.21 Å². The van der Waals surface area contributed by atoms with Crippen molar-refractivity contribution in [2.45, 2.75) is 45.6 Å². The van der Waals surface area contributed by atoms with Gasteiger partial charge in [0.1, 0.15) is 0 Å². The van der Waals surface area contributed by atoms with E-state index in [1.165, 1.54) is 25.7 Å². The summed E-state index contributed by atoms with van der Waals surface area (Å²) in [6.45, 7) is 5.16. The van der Waals surface area contributed by atoms with Crippen LogP contribution in [0.15, 0.2) is 5.16 Å². The van der Waals surface area contributed by atoms with Crippen molar-refractivity contribution in [3.05, 3.63) is 0 Å². The topological polar surface area (TPSA) is 70.6 Å². The van der Waals surface area contributed by atoms with Crippen LogP contribution in [0.5, 0.6) is 0 Å². The van der Waals surface area contributed by atoms with Crippen LogP contribution in [0.4, 0.5) is 0 Å². The first-order valence-electron chi connectivity index (χ1n) is 5.28. The van der Waals surface area contributed by atoms with Crippen molar-refractivity contribution in [1.29, 1.82) is 0 Å². The second-order valence-corrected chi connectivity index (χ2v) is 4.65. The lowest BCUT2D eigenvalue weighted by Gasteiger charge is -2.25. The van der Waals surface area contributed by atoms with Crippen LogP contribution in [-0.2, 0) is 0 Å². The largest absolute Gasteiger partial charge is 0.409 e. The molecule has 1 aliphatic rings. The molecule has 1 atom stereocenters. The van der Waals surface area contributed by atoms with E-state index in [-0.39, 0.29) is 11.9 Å². The third kappa shape index (κ3) is 2.87. The Morgan fingerprint density at radius 3 is 2.64 bits per heavy atom. The zero-order valence-electron chi connectivity index (χ0n) is 9.08. The van der Waals surface area contributed by atoms with Crippen LogP contribution in [0.2, 0.25) is 0 Å². The first-order valence-corrected chi connectivity index (χ1v) is 5.28. The van der Waals surface area contributed by atoms with E-state index in [1.807, 2.05) is 6.92 Å². The molecular formula is C10H21N3O. The van der Waals surface area contributed by atoms with Gasteiger partial charge in [0.25, 0.3) is 0 Å². The fourth-order valence-corrected chi connectivity index (χ4v) is 2.00. The van der Waals surface area contributed by atoms with E-state index in [0.29, 0.717) is 5.41 Å². The van der Waals surface area contributed by atoms with E-state index in [9.17, 15) is 0 Å². The normalized spacial score (nSPS) is 23.7. The number of oxime groups is 1. The SMILES string of the molecule is CC(NCC1(C)CCCC1)C(N)=NO. The zero-order chi connectivity index (χ0) is 10.6. The van der Waals surface area contributed by atoms with E-state index < -0.39 is 0 Å². The number of amidine groups is 1. The van der Waals surface area contributed by atoms with Gasteiger partial charge >= 0.3 is 0 Å². The summed E-state index contributed by atoms with van der Waals surface area (Å²) in [4.78, 5) is 0. The predicted octanol–water partition coefficient (Wildman–Crippen LogP) is 1.29. The van der Waals surface area contributed by atoms with Crippen molar-refractivity contribution in [3.8, 4) is 0 Å². The molecule has 1 saturated carbocycles. The van der Waals surface area contributed by atoms with Gasteiger partial charge in [-0.1, -0.05) is 24.9 Å². The van der Waals surface area contributed by atoms with E-state index in [0.717, 1.165) is 6.54 Å². The minimum atomic E-state index is -0.0441. The highest BCUT2D eigenvalue weighted by Crippen LogP contribution is 2.36. The molecule has 0 bridgehead atoms. The van der Waals surface area contributed by atoms with Gasteiger partial charge in [-0.05, 0) is 25.2 Å². The van der Waals surface area contributed by atoms with Crippen LogP contribution in [0.1, 0.15) is 39.5 Å². The lowest BCUT2D eigenvalue weighted by Crippen LogP contribution is -2.43. The number of nitrogens with one attached hydrogen (secondary N) is 1. The van der Waals surface area contributed by atoms with Crippen LogP contribution in [0, 0.1) is 5.41 Å². The summed E-state index contributed by atoms with van der Waals surface area (Å²) in [5.41, 5.74) is 5.89. The minimum Gasteiger partial charge on any atom is -0.409 e. The van der Waals surface area contributed by atoms with Crippen molar-refractivity contribution in [2.75, 3.05) is 6.54 Å². The molecule has 0 saturated heterocycles. The number of hydrogen-bond acceptors (Lipinski definition) is 3. The third-order valence-electron chi connectivity index (χ3n) is 3.20. The van der Waals surface area contributed by atoms with Gasteiger partial charge in [0.2, 0.25) is 0 Å².